The molecule has 0 aromatic heterocycles. The topological polar surface area (TPSA) is 65.0 Å². The van der Waals surface area contributed by atoms with E-state index in [4.69, 9.17) is 14.2 Å². The van der Waals surface area contributed by atoms with Crippen molar-refractivity contribution in [2.24, 2.45) is 0 Å². The smallest absolute Gasteiger partial charge is 0.339 e. The van der Waals surface area contributed by atoms with E-state index in [1.165, 1.54) is 0 Å². The molecule has 122 valence electrons. The summed E-state index contributed by atoms with van der Waals surface area (Å²) in [5.74, 6) is -0.643. The Morgan fingerprint density at radius 2 is 1.87 bits per heavy atom. The van der Waals surface area contributed by atoms with Crippen molar-refractivity contribution >= 4 is 5.97 Å². The zero-order valence-corrected chi connectivity index (χ0v) is 13.0. The van der Waals surface area contributed by atoms with Gasteiger partial charge < -0.3 is 19.3 Å². The van der Waals surface area contributed by atoms with Crippen LogP contribution in [0.1, 0.15) is 21.5 Å². The molecule has 0 aliphatic carbocycles. The van der Waals surface area contributed by atoms with E-state index in [9.17, 15) is 9.90 Å². The third-order valence-electron chi connectivity index (χ3n) is 3.25. The summed E-state index contributed by atoms with van der Waals surface area (Å²) in [5.41, 5.74) is 2.02. The zero-order chi connectivity index (χ0) is 16.5. The maximum absolute atomic E-state index is 11.4. The van der Waals surface area contributed by atoms with Gasteiger partial charge in [0.15, 0.2) is 0 Å². The van der Waals surface area contributed by atoms with Crippen molar-refractivity contribution < 1.29 is 24.1 Å². The van der Waals surface area contributed by atoms with Crippen molar-refractivity contribution in [2.45, 2.75) is 13.0 Å². The highest BCUT2D eigenvalue weighted by Gasteiger charge is 2.12. The molecule has 0 saturated heterocycles. The SMILES string of the molecule is COCOCCc1ccc(OCc2ccccc2)c(C(=O)O)c1. The highest BCUT2D eigenvalue weighted by Crippen LogP contribution is 2.22. The van der Waals surface area contributed by atoms with Crippen molar-refractivity contribution in [1.29, 1.82) is 0 Å². The van der Waals surface area contributed by atoms with Gasteiger partial charge in [0.2, 0.25) is 0 Å². The van der Waals surface area contributed by atoms with Crippen LogP contribution in [0.4, 0.5) is 0 Å². The van der Waals surface area contributed by atoms with Gasteiger partial charge in [0.05, 0.1) is 6.61 Å². The highest BCUT2D eigenvalue weighted by atomic mass is 16.7. The fourth-order valence-corrected chi connectivity index (χ4v) is 2.09. The first-order chi connectivity index (χ1) is 11.2. The first kappa shape index (κ1) is 17.0. The van der Waals surface area contributed by atoms with E-state index < -0.39 is 5.97 Å². The van der Waals surface area contributed by atoms with Gasteiger partial charge in [-0.15, -0.1) is 0 Å². The molecule has 0 saturated carbocycles. The fourth-order valence-electron chi connectivity index (χ4n) is 2.09. The normalized spacial score (nSPS) is 10.5. The molecule has 0 atom stereocenters. The predicted molar refractivity (Wildman–Crippen MR) is 85.7 cm³/mol. The summed E-state index contributed by atoms with van der Waals surface area (Å²) < 4.78 is 15.7. The van der Waals surface area contributed by atoms with Gasteiger partial charge in [-0.2, -0.15) is 0 Å². The van der Waals surface area contributed by atoms with Crippen molar-refractivity contribution in [3.8, 4) is 5.75 Å². The molecule has 0 aliphatic rings. The van der Waals surface area contributed by atoms with Crippen LogP contribution < -0.4 is 4.74 Å². The van der Waals surface area contributed by atoms with Gasteiger partial charge in [0.25, 0.3) is 0 Å². The van der Waals surface area contributed by atoms with Gasteiger partial charge in [-0.1, -0.05) is 36.4 Å². The van der Waals surface area contributed by atoms with E-state index in [0.717, 1.165) is 11.1 Å². The summed E-state index contributed by atoms with van der Waals surface area (Å²) >= 11 is 0. The second-order valence-corrected chi connectivity index (χ2v) is 4.97. The average Bonchev–Trinajstić information content (AvgIpc) is 2.58. The molecule has 5 nitrogen and oxygen atoms in total. The molecule has 0 heterocycles. The number of hydrogen-bond donors (Lipinski definition) is 1. The van der Waals surface area contributed by atoms with E-state index in [0.29, 0.717) is 25.4 Å². The number of ether oxygens (including phenoxy) is 3. The Labute approximate surface area is 135 Å². The Balaban J connectivity index is 2.02. The molecular formula is C18H20O5. The van der Waals surface area contributed by atoms with Crippen LogP contribution >= 0.6 is 0 Å². The van der Waals surface area contributed by atoms with Crippen LogP contribution in [0.5, 0.6) is 5.75 Å². The Morgan fingerprint density at radius 1 is 1.09 bits per heavy atom. The van der Waals surface area contributed by atoms with Gasteiger partial charge in [-0.25, -0.2) is 4.79 Å². The molecule has 0 amide bonds. The van der Waals surface area contributed by atoms with Crippen LogP contribution in [-0.4, -0.2) is 31.6 Å². The number of aromatic carboxylic acids is 1. The second-order valence-electron chi connectivity index (χ2n) is 4.97. The minimum absolute atomic E-state index is 0.158. The Morgan fingerprint density at radius 3 is 2.57 bits per heavy atom. The van der Waals surface area contributed by atoms with Crippen molar-refractivity contribution in [1.82, 2.24) is 0 Å². The number of carboxylic acid groups (broad SMARTS) is 1. The van der Waals surface area contributed by atoms with Crippen LogP contribution in [0, 0.1) is 0 Å². The maximum atomic E-state index is 11.4. The molecule has 0 fully saturated rings. The quantitative estimate of drug-likeness (QED) is 0.569. The van der Waals surface area contributed by atoms with Crippen molar-refractivity contribution in [3.05, 3.63) is 65.2 Å². The summed E-state index contributed by atoms with van der Waals surface area (Å²) in [6, 6.07) is 14.8. The number of carboxylic acids is 1. The lowest BCUT2D eigenvalue weighted by Gasteiger charge is -2.11. The lowest BCUT2D eigenvalue weighted by molar-refractivity contribution is -0.0291. The van der Waals surface area contributed by atoms with Crippen LogP contribution in [0.2, 0.25) is 0 Å². The van der Waals surface area contributed by atoms with Gasteiger partial charge in [-0.05, 0) is 29.7 Å². The molecule has 0 radical (unpaired) electrons. The number of hydrogen-bond acceptors (Lipinski definition) is 4. The van der Waals surface area contributed by atoms with Gasteiger partial charge in [0.1, 0.15) is 24.7 Å². The summed E-state index contributed by atoms with van der Waals surface area (Å²) in [5, 5.41) is 9.37. The fraction of sp³-hybridized carbons (Fsp3) is 0.278. The Hall–Kier alpha value is -2.37. The van der Waals surface area contributed by atoms with Crippen molar-refractivity contribution in [3.63, 3.8) is 0 Å². The molecule has 1 N–H and O–H groups in total. The number of rotatable bonds is 9. The molecule has 2 rings (SSSR count). The molecule has 0 spiro atoms. The number of methoxy groups -OCH3 is 1. The third kappa shape index (κ3) is 5.39. The van der Waals surface area contributed by atoms with Gasteiger partial charge in [-0.3, -0.25) is 0 Å². The van der Waals surface area contributed by atoms with E-state index in [2.05, 4.69) is 0 Å². The summed E-state index contributed by atoms with van der Waals surface area (Å²) in [6.45, 7) is 1.03. The van der Waals surface area contributed by atoms with Gasteiger partial charge >= 0.3 is 5.97 Å². The molecule has 0 unspecified atom stereocenters. The van der Waals surface area contributed by atoms with Crippen LogP contribution in [0.15, 0.2) is 48.5 Å². The third-order valence-corrected chi connectivity index (χ3v) is 3.25. The molecular weight excluding hydrogens is 296 g/mol. The summed E-state index contributed by atoms with van der Waals surface area (Å²) in [4.78, 5) is 11.4. The van der Waals surface area contributed by atoms with Crippen LogP contribution in [-0.2, 0) is 22.5 Å². The Kier molecular flexibility index (Phi) is 6.59. The molecule has 2 aromatic rings. The average molecular weight is 316 g/mol. The first-order valence-corrected chi connectivity index (χ1v) is 7.30. The minimum atomic E-state index is -1.01. The molecule has 5 heteroatoms. The lowest BCUT2D eigenvalue weighted by atomic mass is 10.1. The number of benzene rings is 2. The number of carbonyl (C=O) groups is 1. The maximum Gasteiger partial charge on any atom is 0.339 e. The zero-order valence-electron chi connectivity index (χ0n) is 13.0. The Bertz CT molecular complexity index is 625. The van der Waals surface area contributed by atoms with E-state index in [1.54, 1.807) is 19.2 Å². The standard InChI is InChI=1S/C18H20O5/c1-21-13-22-10-9-14-7-8-17(16(11-14)18(19)20)23-12-15-5-3-2-4-6-15/h2-8,11H,9-10,12-13H2,1H3,(H,19,20). The highest BCUT2D eigenvalue weighted by molar-refractivity contribution is 5.91. The van der Waals surface area contributed by atoms with Crippen LogP contribution in [0.25, 0.3) is 0 Å². The molecule has 2 aromatic carbocycles. The van der Waals surface area contributed by atoms with E-state index in [-0.39, 0.29) is 12.4 Å². The van der Waals surface area contributed by atoms with Crippen molar-refractivity contribution in [2.75, 3.05) is 20.5 Å². The first-order valence-electron chi connectivity index (χ1n) is 7.30. The molecule has 0 bridgehead atoms. The predicted octanol–water partition coefficient (Wildman–Crippen LogP) is 3.13. The van der Waals surface area contributed by atoms with Gasteiger partial charge in [0, 0.05) is 7.11 Å². The molecule has 0 aliphatic heterocycles. The minimum Gasteiger partial charge on any atom is -0.488 e. The summed E-state index contributed by atoms with van der Waals surface area (Å²) in [6.07, 6.45) is 0.614. The largest absolute Gasteiger partial charge is 0.488 e. The second kappa shape index (κ2) is 8.92. The monoisotopic (exact) mass is 316 g/mol. The lowest BCUT2D eigenvalue weighted by Crippen LogP contribution is -2.06. The van der Waals surface area contributed by atoms with E-state index >= 15 is 0 Å². The van der Waals surface area contributed by atoms with Crippen LogP contribution in [0.3, 0.4) is 0 Å². The molecule has 23 heavy (non-hydrogen) atoms. The van der Waals surface area contributed by atoms with E-state index in [1.807, 2.05) is 36.4 Å². The summed E-state index contributed by atoms with van der Waals surface area (Å²) in [7, 11) is 1.56.